The number of nitrogens with two attached hydrogens (primary N) is 1. The second-order valence-electron chi connectivity index (χ2n) is 4.82. The second kappa shape index (κ2) is 6.76. The van der Waals surface area contributed by atoms with Crippen molar-refractivity contribution in [3.63, 3.8) is 0 Å². The third-order valence-electron chi connectivity index (χ3n) is 2.94. The van der Waals surface area contributed by atoms with Crippen LogP contribution in [0.1, 0.15) is 5.56 Å². The summed E-state index contributed by atoms with van der Waals surface area (Å²) in [4.78, 5) is 11.7. The average Bonchev–Trinajstić information content (AvgIpc) is 2.46. The summed E-state index contributed by atoms with van der Waals surface area (Å²) in [6.07, 6.45) is 0. The average molecular weight is 338 g/mol. The van der Waals surface area contributed by atoms with Crippen molar-refractivity contribution in [2.75, 3.05) is 11.9 Å². The highest BCUT2D eigenvalue weighted by molar-refractivity contribution is 7.89. The van der Waals surface area contributed by atoms with Crippen molar-refractivity contribution < 1.29 is 22.3 Å². The van der Waals surface area contributed by atoms with Crippen molar-refractivity contribution in [3.05, 3.63) is 53.8 Å². The molecule has 0 bridgehead atoms. The van der Waals surface area contributed by atoms with E-state index in [1.165, 1.54) is 30.3 Å². The highest BCUT2D eigenvalue weighted by atomic mass is 32.2. The molecule has 0 spiro atoms. The van der Waals surface area contributed by atoms with Crippen LogP contribution in [-0.4, -0.2) is 20.9 Å². The van der Waals surface area contributed by atoms with Gasteiger partial charge < -0.3 is 10.1 Å². The smallest absolute Gasteiger partial charge is 0.262 e. The second-order valence-corrected chi connectivity index (χ2v) is 6.35. The molecule has 6 nitrogen and oxygen atoms in total. The molecule has 0 saturated heterocycles. The fourth-order valence-electron chi connectivity index (χ4n) is 1.89. The molecule has 8 heteroatoms. The van der Waals surface area contributed by atoms with E-state index in [2.05, 4.69) is 5.32 Å². The number of aryl methyl sites for hydroxylation is 1. The first kappa shape index (κ1) is 16.9. The Balaban J connectivity index is 2.03. The van der Waals surface area contributed by atoms with Crippen LogP contribution in [0.2, 0.25) is 0 Å². The topological polar surface area (TPSA) is 98.5 Å². The van der Waals surface area contributed by atoms with Gasteiger partial charge in [-0.1, -0.05) is 12.1 Å². The van der Waals surface area contributed by atoms with E-state index in [1.807, 2.05) is 0 Å². The molecule has 0 aliphatic heterocycles. The molecule has 0 unspecified atom stereocenters. The minimum Gasteiger partial charge on any atom is -0.484 e. The van der Waals surface area contributed by atoms with Crippen LogP contribution in [0.3, 0.4) is 0 Å². The predicted octanol–water partition coefficient (Wildman–Crippen LogP) is 1.80. The SMILES string of the molecule is Cc1ccc(NC(=O)COc2cccc(F)c2)cc1S(N)(=O)=O. The molecule has 3 N–H and O–H groups in total. The summed E-state index contributed by atoms with van der Waals surface area (Å²) >= 11 is 0. The van der Waals surface area contributed by atoms with E-state index in [9.17, 15) is 17.6 Å². The van der Waals surface area contributed by atoms with Crippen LogP contribution in [0.25, 0.3) is 0 Å². The lowest BCUT2D eigenvalue weighted by atomic mass is 10.2. The first-order valence-electron chi connectivity index (χ1n) is 6.57. The minimum atomic E-state index is -3.88. The maximum atomic E-state index is 13.0. The van der Waals surface area contributed by atoms with Crippen molar-refractivity contribution in [2.45, 2.75) is 11.8 Å². The Morgan fingerprint density at radius 1 is 1.26 bits per heavy atom. The van der Waals surface area contributed by atoms with Gasteiger partial charge in [0, 0.05) is 11.8 Å². The Morgan fingerprint density at radius 3 is 2.65 bits per heavy atom. The molecule has 0 aliphatic rings. The summed E-state index contributed by atoms with van der Waals surface area (Å²) in [5.74, 6) is -0.771. The van der Waals surface area contributed by atoms with Gasteiger partial charge in [0.15, 0.2) is 6.61 Å². The van der Waals surface area contributed by atoms with Gasteiger partial charge in [-0.3, -0.25) is 4.79 Å². The highest BCUT2D eigenvalue weighted by Gasteiger charge is 2.13. The fraction of sp³-hybridized carbons (Fsp3) is 0.133. The number of benzene rings is 2. The molecule has 23 heavy (non-hydrogen) atoms. The molecule has 2 aromatic carbocycles. The number of carbonyl (C=O) groups is 1. The molecule has 0 fully saturated rings. The van der Waals surface area contributed by atoms with Gasteiger partial charge in [-0.05, 0) is 36.8 Å². The van der Waals surface area contributed by atoms with E-state index in [0.29, 0.717) is 5.56 Å². The van der Waals surface area contributed by atoms with Crippen LogP contribution < -0.4 is 15.2 Å². The van der Waals surface area contributed by atoms with E-state index in [1.54, 1.807) is 13.0 Å². The Bertz CT molecular complexity index is 837. The zero-order chi connectivity index (χ0) is 17.0. The molecule has 0 atom stereocenters. The maximum Gasteiger partial charge on any atom is 0.262 e. The zero-order valence-electron chi connectivity index (χ0n) is 12.2. The fourth-order valence-corrected chi connectivity index (χ4v) is 2.70. The Kier molecular flexibility index (Phi) is 4.97. The third-order valence-corrected chi connectivity index (χ3v) is 4.00. The number of anilines is 1. The van der Waals surface area contributed by atoms with Crippen LogP contribution in [0.15, 0.2) is 47.4 Å². The summed E-state index contributed by atoms with van der Waals surface area (Å²) in [5.41, 5.74) is 0.744. The van der Waals surface area contributed by atoms with Gasteiger partial charge in [-0.25, -0.2) is 17.9 Å². The van der Waals surface area contributed by atoms with E-state index >= 15 is 0 Å². The van der Waals surface area contributed by atoms with Gasteiger partial charge >= 0.3 is 0 Å². The predicted molar refractivity (Wildman–Crippen MR) is 83.1 cm³/mol. The number of hydrogen-bond donors (Lipinski definition) is 2. The molecular formula is C15H15FN2O4S. The van der Waals surface area contributed by atoms with Crippen LogP contribution >= 0.6 is 0 Å². The standard InChI is InChI=1S/C15H15FN2O4S/c1-10-5-6-12(8-14(10)23(17,20)21)18-15(19)9-22-13-4-2-3-11(16)7-13/h2-8H,9H2,1H3,(H,18,19)(H2,17,20,21). The Labute approximate surface area is 133 Å². The van der Waals surface area contributed by atoms with Gasteiger partial charge in [0.25, 0.3) is 5.91 Å². The van der Waals surface area contributed by atoms with Gasteiger partial charge in [0.2, 0.25) is 10.0 Å². The van der Waals surface area contributed by atoms with Gasteiger partial charge in [0.1, 0.15) is 11.6 Å². The van der Waals surface area contributed by atoms with Crippen molar-refractivity contribution in [1.29, 1.82) is 0 Å². The summed E-state index contributed by atoms with van der Waals surface area (Å²) in [6, 6.07) is 9.73. The molecule has 2 rings (SSSR count). The molecule has 1 amide bonds. The molecular weight excluding hydrogens is 323 g/mol. The van der Waals surface area contributed by atoms with Crippen molar-refractivity contribution in [3.8, 4) is 5.75 Å². The first-order valence-corrected chi connectivity index (χ1v) is 8.12. The number of rotatable bonds is 5. The van der Waals surface area contributed by atoms with Crippen molar-refractivity contribution in [2.24, 2.45) is 5.14 Å². The highest BCUT2D eigenvalue weighted by Crippen LogP contribution is 2.19. The van der Waals surface area contributed by atoms with Crippen LogP contribution in [0.5, 0.6) is 5.75 Å². The lowest BCUT2D eigenvalue weighted by molar-refractivity contribution is -0.118. The van der Waals surface area contributed by atoms with Gasteiger partial charge in [-0.2, -0.15) is 0 Å². The number of hydrogen-bond acceptors (Lipinski definition) is 4. The van der Waals surface area contributed by atoms with E-state index in [4.69, 9.17) is 9.88 Å². The number of amides is 1. The van der Waals surface area contributed by atoms with E-state index in [0.717, 1.165) is 6.07 Å². The van der Waals surface area contributed by atoms with Gasteiger partial charge in [-0.15, -0.1) is 0 Å². The molecule has 2 aromatic rings. The summed E-state index contributed by atoms with van der Waals surface area (Å²) < 4.78 is 41.0. The molecule has 0 saturated carbocycles. The first-order chi connectivity index (χ1) is 10.8. The Hall–Kier alpha value is -2.45. The van der Waals surface area contributed by atoms with Gasteiger partial charge in [0.05, 0.1) is 4.90 Å². The van der Waals surface area contributed by atoms with Crippen LogP contribution in [-0.2, 0) is 14.8 Å². The molecule has 122 valence electrons. The molecule has 0 radical (unpaired) electrons. The number of primary sulfonamides is 1. The van der Waals surface area contributed by atoms with Crippen LogP contribution in [0, 0.1) is 12.7 Å². The van der Waals surface area contributed by atoms with E-state index < -0.39 is 21.7 Å². The molecule has 0 aliphatic carbocycles. The lowest BCUT2D eigenvalue weighted by Crippen LogP contribution is -2.21. The summed E-state index contributed by atoms with van der Waals surface area (Å²) in [5, 5.41) is 7.59. The molecule has 0 heterocycles. The quantitative estimate of drug-likeness (QED) is 0.868. The maximum absolute atomic E-state index is 13.0. The number of halogens is 1. The zero-order valence-corrected chi connectivity index (χ0v) is 13.1. The van der Waals surface area contributed by atoms with Crippen LogP contribution in [0.4, 0.5) is 10.1 Å². The normalized spacial score (nSPS) is 11.1. The number of carbonyl (C=O) groups excluding carboxylic acids is 1. The monoisotopic (exact) mass is 338 g/mol. The van der Waals surface area contributed by atoms with Crippen molar-refractivity contribution in [1.82, 2.24) is 0 Å². The number of sulfonamides is 1. The Morgan fingerprint density at radius 2 is 2.00 bits per heavy atom. The van der Waals surface area contributed by atoms with E-state index in [-0.39, 0.29) is 22.9 Å². The lowest BCUT2D eigenvalue weighted by Gasteiger charge is -2.10. The third kappa shape index (κ3) is 4.76. The molecule has 0 aromatic heterocycles. The minimum absolute atomic E-state index is 0.0682. The number of ether oxygens (including phenoxy) is 1. The summed E-state index contributed by atoms with van der Waals surface area (Å²) in [7, 11) is -3.88. The summed E-state index contributed by atoms with van der Waals surface area (Å²) in [6.45, 7) is 1.25. The largest absolute Gasteiger partial charge is 0.484 e. The number of nitrogens with one attached hydrogen (secondary N) is 1. The van der Waals surface area contributed by atoms with Crippen molar-refractivity contribution >= 4 is 21.6 Å².